The average Bonchev–Trinajstić information content (AvgIpc) is 2.42. The summed E-state index contributed by atoms with van der Waals surface area (Å²) in [5, 5.41) is 10.4. The molecule has 0 aliphatic rings. The van der Waals surface area contributed by atoms with Crippen molar-refractivity contribution in [1.29, 1.82) is 0 Å². The Labute approximate surface area is 129 Å². The maximum absolute atomic E-state index is 13.8. The van der Waals surface area contributed by atoms with E-state index in [4.69, 9.17) is 11.6 Å². The van der Waals surface area contributed by atoms with Crippen molar-refractivity contribution in [2.75, 3.05) is 0 Å². The number of halogens is 3. The van der Waals surface area contributed by atoms with Gasteiger partial charge in [-0.1, -0.05) is 23.7 Å². The second-order valence-electron chi connectivity index (χ2n) is 4.33. The topological polar surface area (TPSA) is 77.3 Å². The van der Waals surface area contributed by atoms with Gasteiger partial charge in [-0.15, -0.1) is 0 Å². The normalized spacial score (nSPS) is 11.4. The molecule has 0 spiro atoms. The van der Waals surface area contributed by atoms with E-state index >= 15 is 0 Å². The lowest BCUT2D eigenvalue weighted by molar-refractivity contribution is -0.385. The fourth-order valence-electron chi connectivity index (χ4n) is 1.80. The van der Waals surface area contributed by atoms with Crippen molar-refractivity contribution >= 4 is 27.1 Å². The van der Waals surface area contributed by atoms with Crippen LogP contribution in [0.3, 0.4) is 0 Å². The van der Waals surface area contributed by atoms with Crippen molar-refractivity contribution < 1.29 is 22.1 Å². The van der Waals surface area contributed by atoms with Crippen LogP contribution in [0.4, 0.5) is 14.5 Å². The van der Waals surface area contributed by atoms with Crippen molar-refractivity contribution in [3.05, 3.63) is 68.7 Å². The minimum Gasteiger partial charge on any atom is -0.258 e. The maximum atomic E-state index is 13.8. The number of hydrogen-bond acceptors (Lipinski definition) is 4. The Morgan fingerprint density at radius 1 is 1.14 bits per heavy atom. The Hall–Kier alpha value is -2.06. The lowest BCUT2D eigenvalue weighted by atomic mass is 10.2. The molecule has 22 heavy (non-hydrogen) atoms. The van der Waals surface area contributed by atoms with Gasteiger partial charge in [0.1, 0.15) is 11.6 Å². The fraction of sp³-hybridized carbons (Fsp3) is 0.0769. The summed E-state index contributed by atoms with van der Waals surface area (Å²) in [5.74, 6) is -3.60. The van der Waals surface area contributed by atoms with Crippen LogP contribution in [-0.4, -0.2) is 13.3 Å². The molecular formula is C13H8ClF2NO4S. The second kappa shape index (κ2) is 5.98. The zero-order valence-corrected chi connectivity index (χ0v) is 12.4. The smallest absolute Gasteiger partial charge is 0.258 e. The van der Waals surface area contributed by atoms with Crippen LogP contribution in [-0.2, 0) is 15.6 Å². The van der Waals surface area contributed by atoms with Gasteiger partial charge in [-0.05, 0) is 12.1 Å². The summed E-state index contributed by atoms with van der Waals surface area (Å²) in [7, 11) is -4.10. The van der Waals surface area contributed by atoms with Gasteiger partial charge < -0.3 is 0 Å². The largest absolute Gasteiger partial charge is 0.275 e. The van der Waals surface area contributed by atoms with E-state index in [1.165, 1.54) is 24.3 Å². The molecule has 116 valence electrons. The molecule has 0 atom stereocenters. The van der Waals surface area contributed by atoms with Gasteiger partial charge in [-0.3, -0.25) is 10.1 Å². The van der Waals surface area contributed by atoms with E-state index < -0.39 is 43.4 Å². The van der Waals surface area contributed by atoms with Gasteiger partial charge in [0.15, 0.2) is 9.84 Å². The summed E-state index contributed by atoms with van der Waals surface area (Å²) in [6.45, 7) is 0. The van der Waals surface area contributed by atoms with Crippen molar-refractivity contribution in [3.8, 4) is 0 Å². The first-order valence-electron chi connectivity index (χ1n) is 5.82. The molecule has 0 bridgehead atoms. The molecule has 0 heterocycles. The van der Waals surface area contributed by atoms with E-state index in [1.807, 2.05) is 0 Å². The average molecular weight is 348 g/mol. The second-order valence-corrected chi connectivity index (χ2v) is 6.70. The van der Waals surface area contributed by atoms with Crippen LogP contribution in [0.25, 0.3) is 0 Å². The highest BCUT2D eigenvalue weighted by atomic mass is 35.5. The van der Waals surface area contributed by atoms with Crippen LogP contribution in [0.1, 0.15) is 5.56 Å². The van der Waals surface area contributed by atoms with E-state index in [0.29, 0.717) is 12.1 Å². The first-order valence-corrected chi connectivity index (χ1v) is 7.85. The van der Waals surface area contributed by atoms with Crippen LogP contribution in [0.5, 0.6) is 0 Å². The third-order valence-electron chi connectivity index (χ3n) is 2.84. The zero-order chi connectivity index (χ0) is 16.5. The molecular weight excluding hydrogens is 340 g/mol. The molecule has 0 saturated heterocycles. The predicted octanol–water partition coefficient (Wildman–Crippen LogP) is 3.50. The SMILES string of the molecule is O=[N+]([O-])c1cc(F)c(CS(=O)(=O)c2ccccc2Cl)c(F)c1. The van der Waals surface area contributed by atoms with Crippen molar-refractivity contribution in [2.24, 2.45) is 0 Å². The number of hydrogen-bond donors (Lipinski definition) is 0. The van der Waals surface area contributed by atoms with E-state index in [0.717, 1.165) is 0 Å². The van der Waals surface area contributed by atoms with E-state index in [-0.39, 0.29) is 9.92 Å². The Morgan fingerprint density at radius 3 is 2.18 bits per heavy atom. The summed E-state index contributed by atoms with van der Waals surface area (Å²) in [6, 6.07) is 6.41. The quantitative estimate of drug-likeness (QED) is 0.626. The minimum absolute atomic E-state index is 0.0785. The van der Waals surface area contributed by atoms with Gasteiger partial charge in [0.2, 0.25) is 0 Å². The summed E-state index contributed by atoms with van der Waals surface area (Å²) in [4.78, 5) is 9.26. The molecule has 0 fully saturated rings. The summed E-state index contributed by atoms with van der Waals surface area (Å²) in [5.41, 5.74) is -1.57. The number of nitro groups is 1. The molecule has 5 nitrogen and oxygen atoms in total. The Kier molecular flexibility index (Phi) is 4.43. The molecule has 0 saturated carbocycles. The molecule has 0 N–H and O–H groups in total. The standard InChI is InChI=1S/C13H8ClF2NO4S/c14-10-3-1-2-4-13(10)22(20,21)7-9-11(15)5-8(17(18)19)6-12(9)16/h1-6H,7H2. The number of non-ortho nitro benzene ring substituents is 1. The monoisotopic (exact) mass is 347 g/mol. The molecule has 2 aromatic rings. The lowest BCUT2D eigenvalue weighted by Crippen LogP contribution is -2.09. The highest BCUT2D eigenvalue weighted by molar-refractivity contribution is 7.90. The zero-order valence-electron chi connectivity index (χ0n) is 10.8. The van der Waals surface area contributed by atoms with Gasteiger partial charge in [0.05, 0.1) is 32.7 Å². The molecule has 0 unspecified atom stereocenters. The molecule has 0 aliphatic heterocycles. The van der Waals surface area contributed by atoms with Gasteiger partial charge in [-0.2, -0.15) is 0 Å². The van der Waals surface area contributed by atoms with Crippen LogP contribution >= 0.6 is 11.6 Å². The van der Waals surface area contributed by atoms with Gasteiger partial charge in [0, 0.05) is 5.56 Å². The van der Waals surface area contributed by atoms with Crippen LogP contribution < -0.4 is 0 Å². The molecule has 0 aromatic heterocycles. The molecule has 9 heteroatoms. The number of sulfone groups is 1. The fourth-order valence-corrected chi connectivity index (χ4v) is 3.75. The van der Waals surface area contributed by atoms with Gasteiger partial charge >= 0.3 is 0 Å². The number of nitro benzene ring substituents is 1. The summed E-state index contributed by atoms with van der Waals surface area (Å²) < 4.78 is 51.9. The van der Waals surface area contributed by atoms with E-state index in [2.05, 4.69) is 0 Å². The number of rotatable bonds is 4. The number of benzene rings is 2. The predicted molar refractivity (Wildman–Crippen MR) is 75.4 cm³/mol. The molecule has 0 aliphatic carbocycles. The number of nitrogens with zero attached hydrogens (tertiary/aromatic N) is 1. The molecule has 0 radical (unpaired) electrons. The Balaban J connectivity index is 2.47. The van der Waals surface area contributed by atoms with Crippen LogP contribution in [0, 0.1) is 21.7 Å². The van der Waals surface area contributed by atoms with Crippen molar-refractivity contribution in [3.63, 3.8) is 0 Å². The first-order chi connectivity index (χ1) is 10.2. The minimum atomic E-state index is -4.10. The van der Waals surface area contributed by atoms with Crippen LogP contribution in [0.2, 0.25) is 5.02 Å². The van der Waals surface area contributed by atoms with E-state index in [1.54, 1.807) is 0 Å². The van der Waals surface area contributed by atoms with Gasteiger partial charge in [-0.25, -0.2) is 17.2 Å². The van der Waals surface area contributed by atoms with Crippen molar-refractivity contribution in [1.82, 2.24) is 0 Å². The third kappa shape index (κ3) is 3.23. The van der Waals surface area contributed by atoms with Gasteiger partial charge in [0.25, 0.3) is 5.69 Å². The van der Waals surface area contributed by atoms with Crippen molar-refractivity contribution in [2.45, 2.75) is 10.6 Å². The highest BCUT2D eigenvalue weighted by Gasteiger charge is 2.25. The Morgan fingerprint density at radius 2 is 1.68 bits per heavy atom. The lowest BCUT2D eigenvalue weighted by Gasteiger charge is -2.08. The maximum Gasteiger partial charge on any atom is 0.275 e. The van der Waals surface area contributed by atoms with Crippen LogP contribution in [0.15, 0.2) is 41.3 Å². The summed E-state index contributed by atoms with van der Waals surface area (Å²) in [6.07, 6.45) is 0. The molecule has 2 rings (SSSR count). The summed E-state index contributed by atoms with van der Waals surface area (Å²) >= 11 is 5.77. The first kappa shape index (κ1) is 16.3. The Bertz CT molecular complexity index is 832. The van der Waals surface area contributed by atoms with E-state index in [9.17, 15) is 27.3 Å². The molecule has 0 amide bonds. The highest BCUT2D eigenvalue weighted by Crippen LogP contribution is 2.28. The molecule has 2 aromatic carbocycles. The third-order valence-corrected chi connectivity index (χ3v) is 4.98.